The third-order valence-corrected chi connectivity index (χ3v) is 4.58. The zero-order valence-electron chi connectivity index (χ0n) is 12.9. The van der Waals surface area contributed by atoms with Gasteiger partial charge < -0.3 is 14.7 Å². The Bertz CT molecular complexity index is 792. The summed E-state index contributed by atoms with van der Waals surface area (Å²) >= 11 is 3.44. The van der Waals surface area contributed by atoms with Crippen molar-refractivity contribution in [3.63, 3.8) is 0 Å². The smallest absolute Gasteiger partial charge is 0.407 e. The normalized spacial score (nSPS) is 15.4. The van der Waals surface area contributed by atoms with E-state index in [1.807, 2.05) is 6.07 Å². The number of rotatable bonds is 4. The second kappa shape index (κ2) is 7.07. The minimum Gasteiger partial charge on any atom is -0.491 e. The molecule has 24 heavy (non-hydrogen) atoms. The van der Waals surface area contributed by atoms with Crippen LogP contribution in [0.2, 0.25) is 0 Å². The molecular weight excluding hydrogens is 378 g/mol. The molecule has 0 bridgehead atoms. The molecular formula is C15H16BrN5O3. The van der Waals surface area contributed by atoms with Gasteiger partial charge in [0.05, 0.1) is 23.5 Å². The van der Waals surface area contributed by atoms with Crippen LogP contribution in [0.15, 0.2) is 22.9 Å². The molecule has 3 heterocycles. The van der Waals surface area contributed by atoms with Crippen molar-refractivity contribution >= 4 is 27.5 Å². The van der Waals surface area contributed by atoms with Crippen molar-refractivity contribution in [2.24, 2.45) is 0 Å². The number of aromatic nitrogens is 2. The van der Waals surface area contributed by atoms with E-state index >= 15 is 0 Å². The number of pyridine rings is 1. The molecule has 0 spiro atoms. The summed E-state index contributed by atoms with van der Waals surface area (Å²) in [6, 6.07) is 3.92. The van der Waals surface area contributed by atoms with Crippen molar-refractivity contribution < 1.29 is 14.6 Å². The molecule has 1 aliphatic rings. The minimum absolute atomic E-state index is 0.497. The lowest BCUT2D eigenvalue weighted by Crippen LogP contribution is -2.49. The fourth-order valence-electron chi connectivity index (χ4n) is 2.67. The molecule has 0 saturated carbocycles. The van der Waals surface area contributed by atoms with Gasteiger partial charge in [0.2, 0.25) is 0 Å². The van der Waals surface area contributed by atoms with Crippen LogP contribution in [-0.4, -0.2) is 69.9 Å². The van der Waals surface area contributed by atoms with Crippen LogP contribution >= 0.6 is 15.9 Å². The first-order valence-electron chi connectivity index (χ1n) is 7.48. The van der Waals surface area contributed by atoms with Gasteiger partial charge in [-0.25, -0.2) is 9.31 Å². The van der Waals surface area contributed by atoms with Gasteiger partial charge in [0.15, 0.2) is 0 Å². The Kier molecular flexibility index (Phi) is 4.87. The summed E-state index contributed by atoms with van der Waals surface area (Å²) < 4.78 is 8.14. The molecule has 1 amide bonds. The number of fused-ring (bicyclic) bond motifs is 1. The zero-order valence-corrected chi connectivity index (χ0v) is 14.4. The van der Waals surface area contributed by atoms with E-state index in [0.29, 0.717) is 44.1 Å². The molecule has 2 aromatic heterocycles. The summed E-state index contributed by atoms with van der Waals surface area (Å²) in [4.78, 5) is 14.5. The number of nitriles is 1. The highest BCUT2D eigenvalue weighted by Gasteiger charge is 2.20. The maximum atomic E-state index is 10.9. The molecule has 2 aromatic rings. The third kappa shape index (κ3) is 3.44. The lowest BCUT2D eigenvalue weighted by Gasteiger charge is -2.32. The van der Waals surface area contributed by atoms with Crippen molar-refractivity contribution in [3.05, 3.63) is 28.5 Å². The van der Waals surface area contributed by atoms with Gasteiger partial charge in [-0.1, -0.05) is 0 Å². The van der Waals surface area contributed by atoms with Gasteiger partial charge in [-0.15, -0.1) is 0 Å². The Hall–Kier alpha value is -2.31. The Balaban J connectivity index is 1.55. The number of halogens is 1. The molecule has 1 N–H and O–H groups in total. The molecule has 3 rings (SSSR count). The van der Waals surface area contributed by atoms with E-state index in [1.54, 1.807) is 10.7 Å². The van der Waals surface area contributed by atoms with Gasteiger partial charge in [-0.2, -0.15) is 10.4 Å². The van der Waals surface area contributed by atoms with Crippen LogP contribution in [0, 0.1) is 11.3 Å². The molecule has 8 nitrogen and oxygen atoms in total. The highest BCUT2D eigenvalue weighted by molar-refractivity contribution is 9.10. The lowest BCUT2D eigenvalue weighted by atomic mass is 10.3. The molecule has 0 unspecified atom stereocenters. The number of nitrogens with zero attached hydrogens (tertiary/aromatic N) is 5. The predicted octanol–water partition coefficient (Wildman–Crippen LogP) is 1.64. The first kappa shape index (κ1) is 16.5. The fourth-order valence-corrected chi connectivity index (χ4v) is 3.29. The summed E-state index contributed by atoms with van der Waals surface area (Å²) in [6.45, 7) is 3.70. The van der Waals surface area contributed by atoms with Crippen LogP contribution in [0.1, 0.15) is 5.56 Å². The number of piperazine rings is 1. The van der Waals surface area contributed by atoms with Crippen LogP contribution in [0.4, 0.5) is 4.79 Å². The van der Waals surface area contributed by atoms with E-state index < -0.39 is 6.09 Å². The van der Waals surface area contributed by atoms with Crippen molar-refractivity contribution in [2.45, 2.75) is 0 Å². The van der Waals surface area contributed by atoms with Crippen LogP contribution in [0.5, 0.6) is 5.75 Å². The van der Waals surface area contributed by atoms with Gasteiger partial charge >= 0.3 is 6.09 Å². The third-order valence-electron chi connectivity index (χ3n) is 3.98. The van der Waals surface area contributed by atoms with E-state index in [1.165, 1.54) is 11.1 Å². The Morgan fingerprint density at radius 2 is 2.17 bits per heavy atom. The van der Waals surface area contributed by atoms with Gasteiger partial charge in [-0.05, 0) is 22.0 Å². The average Bonchev–Trinajstić information content (AvgIpc) is 2.99. The second-order valence-corrected chi connectivity index (χ2v) is 6.30. The topological polar surface area (TPSA) is 94.1 Å². The second-order valence-electron chi connectivity index (χ2n) is 5.45. The fraction of sp³-hybridized carbons (Fsp3) is 0.400. The highest BCUT2D eigenvalue weighted by Crippen LogP contribution is 2.26. The Morgan fingerprint density at radius 3 is 2.83 bits per heavy atom. The van der Waals surface area contributed by atoms with Crippen LogP contribution in [0.25, 0.3) is 5.52 Å². The number of carboxylic acid groups (broad SMARTS) is 1. The first-order chi connectivity index (χ1) is 11.6. The largest absolute Gasteiger partial charge is 0.491 e. The first-order valence-corrected chi connectivity index (χ1v) is 8.28. The minimum atomic E-state index is -0.861. The number of amides is 1. The summed E-state index contributed by atoms with van der Waals surface area (Å²) in [5, 5.41) is 22.1. The number of hydrogen-bond donors (Lipinski definition) is 1. The van der Waals surface area contributed by atoms with Crippen molar-refractivity contribution in [1.29, 1.82) is 5.26 Å². The summed E-state index contributed by atoms with van der Waals surface area (Å²) in [6.07, 6.45) is 2.40. The van der Waals surface area contributed by atoms with E-state index in [4.69, 9.17) is 15.1 Å². The molecule has 0 aromatic carbocycles. The molecule has 0 radical (unpaired) electrons. The molecule has 1 saturated heterocycles. The van der Waals surface area contributed by atoms with E-state index in [2.05, 4.69) is 32.0 Å². The van der Waals surface area contributed by atoms with E-state index in [9.17, 15) is 4.79 Å². The van der Waals surface area contributed by atoms with Gasteiger partial charge in [0.1, 0.15) is 18.4 Å². The van der Waals surface area contributed by atoms with Gasteiger partial charge in [0.25, 0.3) is 0 Å². The van der Waals surface area contributed by atoms with Gasteiger partial charge in [0, 0.05) is 37.2 Å². The quantitative estimate of drug-likeness (QED) is 0.848. The number of ether oxygens (including phenoxy) is 1. The summed E-state index contributed by atoms with van der Waals surface area (Å²) in [7, 11) is 0. The standard InChI is InChI=1S/C15H16BrN5O3/c16-13-7-12(10-21-14(13)11(8-17)9-18-21)24-6-5-19-1-3-20(4-2-19)15(22)23/h7,9-10H,1-6H2,(H,22,23). The molecule has 1 aliphatic heterocycles. The van der Waals surface area contributed by atoms with E-state index in [-0.39, 0.29) is 0 Å². The molecule has 1 fully saturated rings. The number of carbonyl (C=O) groups is 1. The Labute approximate surface area is 147 Å². The Morgan fingerprint density at radius 1 is 1.42 bits per heavy atom. The number of hydrogen-bond acceptors (Lipinski definition) is 5. The molecule has 0 aliphatic carbocycles. The van der Waals surface area contributed by atoms with Crippen LogP contribution in [-0.2, 0) is 0 Å². The predicted molar refractivity (Wildman–Crippen MR) is 89.1 cm³/mol. The summed E-state index contributed by atoms with van der Waals surface area (Å²) in [5.41, 5.74) is 1.22. The van der Waals surface area contributed by atoms with Crippen molar-refractivity contribution in [3.8, 4) is 11.8 Å². The molecule has 126 valence electrons. The molecule has 9 heteroatoms. The lowest BCUT2D eigenvalue weighted by molar-refractivity contribution is 0.0985. The monoisotopic (exact) mass is 393 g/mol. The SMILES string of the molecule is N#Cc1cnn2cc(OCCN3CCN(C(=O)O)CC3)cc(Br)c12. The average molecular weight is 394 g/mol. The summed E-state index contributed by atoms with van der Waals surface area (Å²) in [5.74, 6) is 0.658. The van der Waals surface area contributed by atoms with Gasteiger partial charge in [-0.3, -0.25) is 4.90 Å². The maximum absolute atomic E-state index is 10.9. The van der Waals surface area contributed by atoms with Crippen LogP contribution < -0.4 is 4.74 Å². The zero-order chi connectivity index (χ0) is 17.1. The van der Waals surface area contributed by atoms with Crippen LogP contribution in [0.3, 0.4) is 0 Å². The maximum Gasteiger partial charge on any atom is 0.407 e. The van der Waals surface area contributed by atoms with Crippen molar-refractivity contribution in [2.75, 3.05) is 39.3 Å². The molecule has 0 atom stereocenters. The van der Waals surface area contributed by atoms with Crippen molar-refractivity contribution in [1.82, 2.24) is 19.4 Å². The van der Waals surface area contributed by atoms with E-state index in [0.717, 1.165) is 16.5 Å². The highest BCUT2D eigenvalue weighted by atomic mass is 79.9.